The molecule has 0 bridgehead atoms. The summed E-state index contributed by atoms with van der Waals surface area (Å²) in [4.78, 5) is 12.2. The fourth-order valence-electron chi connectivity index (χ4n) is 1.60. The molecule has 5 heteroatoms. The summed E-state index contributed by atoms with van der Waals surface area (Å²) in [5, 5.41) is 0.231. The monoisotopic (exact) mass is 344 g/mol. The van der Waals surface area contributed by atoms with E-state index in [0.29, 0.717) is 4.47 Å². The van der Waals surface area contributed by atoms with Gasteiger partial charge in [0.25, 0.3) is 0 Å². The van der Waals surface area contributed by atoms with E-state index in [1.807, 2.05) is 0 Å². The highest BCUT2D eigenvalue weighted by Crippen LogP contribution is 2.25. The molecule has 2 rings (SSSR count). The number of halogens is 4. The molecule has 2 aromatic rings. The van der Waals surface area contributed by atoms with E-state index >= 15 is 0 Å². The molecule has 0 aliphatic carbocycles. The number of rotatable bonds is 2. The van der Waals surface area contributed by atoms with Crippen LogP contribution in [-0.4, -0.2) is 5.78 Å². The molecule has 0 atom stereocenters. The van der Waals surface area contributed by atoms with E-state index in [1.165, 1.54) is 13.0 Å². The third-order valence-corrected chi connectivity index (χ3v) is 3.54. The molecule has 0 radical (unpaired) electrons. The molecule has 0 N–H and O–H groups in total. The zero-order valence-corrected chi connectivity index (χ0v) is 12.1. The summed E-state index contributed by atoms with van der Waals surface area (Å²) < 4.78 is 27.6. The van der Waals surface area contributed by atoms with Gasteiger partial charge in [0, 0.05) is 21.2 Å². The summed E-state index contributed by atoms with van der Waals surface area (Å²) >= 11 is 9.14. The van der Waals surface area contributed by atoms with E-state index in [2.05, 4.69) is 15.9 Å². The van der Waals surface area contributed by atoms with Gasteiger partial charge in [-0.25, -0.2) is 8.78 Å². The summed E-state index contributed by atoms with van der Waals surface area (Å²) in [6, 6.07) is 6.76. The van der Waals surface area contributed by atoms with Crippen molar-refractivity contribution in [1.82, 2.24) is 0 Å². The van der Waals surface area contributed by atoms with Crippen LogP contribution in [0.3, 0.4) is 0 Å². The minimum atomic E-state index is -0.755. The molecule has 1 nitrogen and oxygen atoms in total. The van der Waals surface area contributed by atoms with Crippen LogP contribution in [0.25, 0.3) is 0 Å². The molecule has 0 fully saturated rings. The van der Waals surface area contributed by atoms with Crippen LogP contribution in [0.1, 0.15) is 21.5 Å². The van der Waals surface area contributed by atoms with E-state index in [9.17, 15) is 13.6 Å². The standard InChI is InChI=1S/C14H8BrClF2O/c1-7-12(17)4-8(5-13(7)18)14(19)10-6-9(15)2-3-11(10)16/h2-6H,1H3. The maximum atomic E-state index is 13.5. The Hall–Kier alpha value is -1.26. The van der Waals surface area contributed by atoms with Crippen molar-refractivity contribution in [1.29, 1.82) is 0 Å². The van der Waals surface area contributed by atoms with Crippen molar-refractivity contribution in [2.24, 2.45) is 0 Å². The normalized spacial score (nSPS) is 10.6. The molecule has 2 aromatic carbocycles. The molecule has 0 saturated heterocycles. The van der Waals surface area contributed by atoms with E-state index < -0.39 is 17.4 Å². The molecule has 0 unspecified atom stereocenters. The van der Waals surface area contributed by atoms with Crippen molar-refractivity contribution in [2.45, 2.75) is 6.92 Å². The minimum Gasteiger partial charge on any atom is -0.289 e. The highest BCUT2D eigenvalue weighted by atomic mass is 79.9. The van der Waals surface area contributed by atoms with Crippen LogP contribution in [0.4, 0.5) is 8.78 Å². The number of hydrogen-bond acceptors (Lipinski definition) is 1. The summed E-state index contributed by atoms with van der Waals surface area (Å²) in [5.74, 6) is -2.03. The van der Waals surface area contributed by atoms with Crippen LogP contribution < -0.4 is 0 Å². The van der Waals surface area contributed by atoms with E-state index in [-0.39, 0.29) is 21.7 Å². The number of carbonyl (C=O) groups is 1. The molecule has 0 aliphatic heterocycles. The molecular weight excluding hydrogens is 338 g/mol. The second-order valence-corrected chi connectivity index (χ2v) is 5.34. The first-order chi connectivity index (χ1) is 8.90. The first-order valence-electron chi connectivity index (χ1n) is 5.35. The van der Waals surface area contributed by atoms with Crippen molar-refractivity contribution in [3.63, 3.8) is 0 Å². The molecule has 0 aromatic heterocycles. The van der Waals surface area contributed by atoms with Crippen LogP contribution >= 0.6 is 27.5 Å². The first-order valence-corrected chi connectivity index (χ1v) is 6.52. The summed E-state index contributed by atoms with van der Waals surface area (Å²) in [5.41, 5.74) is 0.0104. The predicted octanol–water partition coefficient (Wildman–Crippen LogP) is 4.92. The van der Waals surface area contributed by atoms with Gasteiger partial charge in [-0.15, -0.1) is 0 Å². The van der Waals surface area contributed by atoms with E-state index in [0.717, 1.165) is 12.1 Å². The highest BCUT2D eigenvalue weighted by molar-refractivity contribution is 9.10. The average Bonchev–Trinajstić information content (AvgIpc) is 2.37. The van der Waals surface area contributed by atoms with Crippen molar-refractivity contribution >= 4 is 33.3 Å². The predicted molar refractivity (Wildman–Crippen MR) is 73.7 cm³/mol. The Morgan fingerprint density at radius 1 is 1.16 bits per heavy atom. The Kier molecular flexibility index (Phi) is 4.02. The summed E-state index contributed by atoms with van der Waals surface area (Å²) in [6.45, 7) is 1.31. The molecule has 19 heavy (non-hydrogen) atoms. The zero-order valence-electron chi connectivity index (χ0n) is 9.81. The summed E-state index contributed by atoms with van der Waals surface area (Å²) in [7, 11) is 0. The van der Waals surface area contributed by atoms with Crippen LogP contribution in [-0.2, 0) is 0 Å². The molecular formula is C14H8BrClF2O. The second kappa shape index (κ2) is 5.39. The first kappa shape index (κ1) is 14.2. The molecule has 0 heterocycles. The number of hydrogen-bond donors (Lipinski definition) is 0. The molecule has 98 valence electrons. The minimum absolute atomic E-state index is 0.0689. The second-order valence-electron chi connectivity index (χ2n) is 4.02. The molecule has 0 saturated carbocycles. The van der Waals surface area contributed by atoms with Crippen LogP contribution in [0, 0.1) is 18.6 Å². The Labute approximate surface area is 122 Å². The van der Waals surface area contributed by atoms with Gasteiger partial charge < -0.3 is 0 Å². The highest BCUT2D eigenvalue weighted by Gasteiger charge is 2.17. The Balaban J connectivity index is 2.53. The van der Waals surface area contributed by atoms with Crippen LogP contribution in [0.15, 0.2) is 34.8 Å². The lowest BCUT2D eigenvalue weighted by molar-refractivity contribution is 0.103. The largest absolute Gasteiger partial charge is 0.289 e. The topological polar surface area (TPSA) is 17.1 Å². The number of carbonyl (C=O) groups excluding carboxylic acids is 1. The fraction of sp³-hybridized carbons (Fsp3) is 0.0714. The van der Waals surface area contributed by atoms with Crippen molar-refractivity contribution in [3.05, 3.63) is 68.2 Å². The number of benzene rings is 2. The Morgan fingerprint density at radius 3 is 2.32 bits per heavy atom. The lowest BCUT2D eigenvalue weighted by Crippen LogP contribution is -2.05. The zero-order chi connectivity index (χ0) is 14.2. The Morgan fingerprint density at radius 2 is 1.74 bits per heavy atom. The van der Waals surface area contributed by atoms with Crippen molar-refractivity contribution in [2.75, 3.05) is 0 Å². The van der Waals surface area contributed by atoms with Gasteiger partial charge in [-0.3, -0.25) is 4.79 Å². The van der Waals surface area contributed by atoms with Gasteiger partial charge in [-0.1, -0.05) is 27.5 Å². The lowest BCUT2D eigenvalue weighted by Gasteiger charge is -2.06. The lowest BCUT2D eigenvalue weighted by atomic mass is 10.0. The van der Waals surface area contributed by atoms with E-state index in [4.69, 9.17) is 11.6 Å². The van der Waals surface area contributed by atoms with Gasteiger partial charge in [0.05, 0.1) is 5.02 Å². The molecule has 0 aliphatic rings. The van der Waals surface area contributed by atoms with Gasteiger partial charge in [0.2, 0.25) is 0 Å². The van der Waals surface area contributed by atoms with Gasteiger partial charge in [-0.2, -0.15) is 0 Å². The van der Waals surface area contributed by atoms with E-state index in [1.54, 1.807) is 12.1 Å². The Bertz CT molecular complexity index is 647. The molecule has 0 amide bonds. The summed E-state index contributed by atoms with van der Waals surface area (Å²) in [6.07, 6.45) is 0. The van der Waals surface area contributed by atoms with Gasteiger partial charge in [-0.05, 0) is 37.3 Å². The fourth-order valence-corrected chi connectivity index (χ4v) is 2.17. The van der Waals surface area contributed by atoms with Crippen LogP contribution in [0.2, 0.25) is 5.02 Å². The van der Waals surface area contributed by atoms with Crippen molar-refractivity contribution < 1.29 is 13.6 Å². The third-order valence-electron chi connectivity index (χ3n) is 2.72. The average molecular weight is 346 g/mol. The van der Waals surface area contributed by atoms with Gasteiger partial charge in [0.15, 0.2) is 5.78 Å². The molecule has 0 spiro atoms. The number of ketones is 1. The quantitative estimate of drug-likeness (QED) is 0.706. The third kappa shape index (κ3) is 2.85. The SMILES string of the molecule is Cc1c(F)cc(C(=O)c2cc(Br)ccc2Cl)cc1F. The maximum Gasteiger partial charge on any atom is 0.194 e. The van der Waals surface area contributed by atoms with Crippen molar-refractivity contribution in [3.8, 4) is 0 Å². The maximum absolute atomic E-state index is 13.5. The van der Waals surface area contributed by atoms with Gasteiger partial charge in [0.1, 0.15) is 11.6 Å². The van der Waals surface area contributed by atoms with Crippen LogP contribution in [0.5, 0.6) is 0 Å². The van der Waals surface area contributed by atoms with Gasteiger partial charge >= 0.3 is 0 Å². The smallest absolute Gasteiger partial charge is 0.194 e.